The van der Waals surface area contributed by atoms with Crippen LogP contribution in [0, 0.1) is 5.92 Å². The molecule has 1 aliphatic rings. The number of fused-ring (bicyclic) bond motifs is 1. The van der Waals surface area contributed by atoms with Crippen LogP contribution < -0.4 is 10.1 Å². The van der Waals surface area contributed by atoms with Crippen LogP contribution >= 0.6 is 0 Å². The predicted molar refractivity (Wildman–Crippen MR) is 69.1 cm³/mol. The second-order valence-electron chi connectivity index (χ2n) is 4.71. The van der Waals surface area contributed by atoms with Crippen molar-refractivity contribution in [3.05, 3.63) is 29.8 Å². The number of carbonyl (C=O) groups is 2. The highest BCUT2D eigenvalue weighted by Gasteiger charge is 2.27. The van der Waals surface area contributed by atoms with Gasteiger partial charge >= 0.3 is 5.97 Å². The van der Waals surface area contributed by atoms with Gasteiger partial charge in [-0.1, -0.05) is 25.1 Å². The molecule has 0 fully saturated rings. The van der Waals surface area contributed by atoms with E-state index in [2.05, 4.69) is 5.32 Å². The standard InChI is InChI=1S/C14H17NO4/c1-9(14(17)18)8-15-13(16)11-6-7-19-12-5-3-2-4-10(11)12/h2-5,9,11H,6-8H2,1H3,(H,15,16)(H,17,18)/t9-,11-/m0/s1. The number of amides is 1. The molecular formula is C14H17NO4. The van der Waals surface area contributed by atoms with Gasteiger partial charge in [-0.25, -0.2) is 0 Å². The molecule has 0 spiro atoms. The van der Waals surface area contributed by atoms with Crippen LogP contribution in [0.4, 0.5) is 0 Å². The molecule has 5 heteroatoms. The van der Waals surface area contributed by atoms with Gasteiger partial charge in [0.2, 0.25) is 5.91 Å². The van der Waals surface area contributed by atoms with Crippen LogP contribution in [0.1, 0.15) is 24.8 Å². The molecule has 102 valence electrons. The maximum absolute atomic E-state index is 12.1. The summed E-state index contributed by atoms with van der Waals surface area (Å²) in [5.41, 5.74) is 0.870. The van der Waals surface area contributed by atoms with Crippen molar-refractivity contribution in [2.75, 3.05) is 13.2 Å². The Balaban J connectivity index is 2.03. The van der Waals surface area contributed by atoms with Crippen molar-refractivity contribution in [3.8, 4) is 5.75 Å². The molecule has 1 amide bonds. The summed E-state index contributed by atoms with van der Waals surface area (Å²) in [5, 5.41) is 11.5. The number of rotatable bonds is 4. The van der Waals surface area contributed by atoms with Gasteiger partial charge < -0.3 is 15.2 Å². The monoisotopic (exact) mass is 263 g/mol. The van der Waals surface area contributed by atoms with E-state index in [1.807, 2.05) is 24.3 Å². The van der Waals surface area contributed by atoms with Crippen LogP contribution in [0.15, 0.2) is 24.3 Å². The Labute approximate surface area is 111 Å². The Hall–Kier alpha value is -2.04. The molecular weight excluding hydrogens is 246 g/mol. The summed E-state index contributed by atoms with van der Waals surface area (Å²) in [6.07, 6.45) is 0.615. The predicted octanol–water partition coefficient (Wildman–Crippen LogP) is 1.39. The number of para-hydroxylation sites is 1. The van der Waals surface area contributed by atoms with Crippen LogP contribution in [0.3, 0.4) is 0 Å². The molecule has 0 bridgehead atoms. The van der Waals surface area contributed by atoms with Crippen LogP contribution in [-0.4, -0.2) is 30.1 Å². The average Bonchev–Trinajstić information content (AvgIpc) is 2.43. The Kier molecular flexibility index (Phi) is 4.04. The van der Waals surface area contributed by atoms with Crippen LogP contribution in [0.5, 0.6) is 5.75 Å². The second kappa shape index (κ2) is 5.73. The molecule has 1 aromatic carbocycles. The zero-order valence-corrected chi connectivity index (χ0v) is 10.8. The van der Waals surface area contributed by atoms with E-state index in [0.717, 1.165) is 11.3 Å². The molecule has 0 saturated heterocycles. The summed E-state index contributed by atoms with van der Waals surface area (Å²) in [5.74, 6) is -1.15. The number of benzene rings is 1. The SMILES string of the molecule is C[C@@H](CNC(=O)[C@H]1CCOc2ccccc21)C(=O)O. The van der Waals surface area contributed by atoms with Crippen LogP contribution in [0.2, 0.25) is 0 Å². The maximum atomic E-state index is 12.1. The molecule has 2 rings (SSSR count). The van der Waals surface area contributed by atoms with Gasteiger partial charge in [-0.2, -0.15) is 0 Å². The third-order valence-corrected chi connectivity index (χ3v) is 3.28. The number of carbonyl (C=O) groups excluding carboxylic acids is 1. The molecule has 1 aromatic rings. The molecule has 2 atom stereocenters. The van der Waals surface area contributed by atoms with Crippen molar-refractivity contribution >= 4 is 11.9 Å². The minimum atomic E-state index is -0.910. The summed E-state index contributed by atoms with van der Waals surface area (Å²) < 4.78 is 5.49. The van der Waals surface area contributed by atoms with Crippen LogP contribution in [0.25, 0.3) is 0 Å². The van der Waals surface area contributed by atoms with Gasteiger partial charge in [0.05, 0.1) is 18.4 Å². The first-order valence-corrected chi connectivity index (χ1v) is 6.32. The Morgan fingerprint density at radius 1 is 1.47 bits per heavy atom. The topological polar surface area (TPSA) is 75.6 Å². The molecule has 0 radical (unpaired) electrons. The molecule has 0 aromatic heterocycles. The summed E-state index contributed by atoms with van der Waals surface area (Å²) in [6.45, 7) is 2.22. The highest BCUT2D eigenvalue weighted by molar-refractivity contribution is 5.85. The van der Waals surface area contributed by atoms with Crippen molar-refractivity contribution in [1.82, 2.24) is 5.32 Å². The van der Waals surface area contributed by atoms with Crippen molar-refractivity contribution in [2.45, 2.75) is 19.3 Å². The minimum Gasteiger partial charge on any atom is -0.493 e. The molecule has 0 aliphatic carbocycles. The fraction of sp³-hybridized carbons (Fsp3) is 0.429. The third kappa shape index (κ3) is 3.05. The largest absolute Gasteiger partial charge is 0.493 e. The normalized spacial score (nSPS) is 18.9. The number of aliphatic carboxylic acids is 1. The Morgan fingerprint density at radius 3 is 2.95 bits per heavy atom. The van der Waals surface area contributed by atoms with Crippen molar-refractivity contribution in [3.63, 3.8) is 0 Å². The zero-order chi connectivity index (χ0) is 13.8. The lowest BCUT2D eigenvalue weighted by molar-refractivity contribution is -0.141. The first-order chi connectivity index (χ1) is 9.09. The molecule has 2 N–H and O–H groups in total. The third-order valence-electron chi connectivity index (χ3n) is 3.28. The molecule has 1 heterocycles. The summed E-state index contributed by atoms with van der Waals surface area (Å²) in [6, 6.07) is 7.45. The number of carboxylic acid groups (broad SMARTS) is 1. The van der Waals surface area contributed by atoms with Gasteiger partial charge in [0.1, 0.15) is 5.75 Å². The fourth-order valence-electron chi connectivity index (χ4n) is 2.08. The number of ether oxygens (including phenoxy) is 1. The quantitative estimate of drug-likeness (QED) is 0.860. The van der Waals surface area contributed by atoms with Crippen molar-refractivity contribution in [2.24, 2.45) is 5.92 Å². The second-order valence-corrected chi connectivity index (χ2v) is 4.71. The molecule has 5 nitrogen and oxygen atoms in total. The summed E-state index contributed by atoms with van der Waals surface area (Å²) in [7, 11) is 0. The fourth-order valence-corrected chi connectivity index (χ4v) is 2.08. The highest BCUT2D eigenvalue weighted by Crippen LogP contribution is 2.33. The number of hydrogen-bond acceptors (Lipinski definition) is 3. The van der Waals surface area contributed by atoms with E-state index in [1.165, 1.54) is 0 Å². The minimum absolute atomic E-state index is 0.135. The van der Waals surface area contributed by atoms with E-state index in [-0.39, 0.29) is 18.4 Å². The highest BCUT2D eigenvalue weighted by atomic mass is 16.5. The Bertz CT molecular complexity index is 486. The van der Waals surface area contributed by atoms with Gasteiger partial charge in [-0.3, -0.25) is 9.59 Å². The first-order valence-electron chi connectivity index (χ1n) is 6.32. The summed E-state index contributed by atoms with van der Waals surface area (Å²) in [4.78, 5) is 22.8. The van der Waals surface area contributed by atoms with Crippen molar-refractivity contribution in [1.29, 1.82) is 0 Å². The maximum Gasteiger partial charge on any atom is 0.308 e. The Morgan fingerprint density at radius 2 is 2.21 bits per heavy atom. The van der Waals surface area contributed by atoms with E-state index >= 15 is 0 Å². The number of carboxylic acids is 1. The lowest BCUT2D eigenvalue weighted by atomic mass is 9.92. The van der Waals surface area contributed by atoms with Crippen molar-refractivity contribution < 1.29 is 19.4 Å². The van der Waals surface area contributed by atoms with E-state index in [9.17, 15) is 9.59 Å². The average molecular weight is 263 g/mol. The molecule has 1 aliphatic heterocycles. The van der Waals surface area contributed by atoms with E-state index < -0.39 is 11.9 Å². The number of nitrogens with one attached hydrogen (secondary N) is 1. The van der Waals surface area contributed by atoms with Gasteiger partial charge in [-0.15, -0.1) is 0 Å². The molecule has 0 unspecified atom stereocenters. The molecule has 19 heavy (non-hydrogen) atoms. The summed E-state index contributed by atoms with van der Waals surface area (Å²) >= 11 is 0. The smallest absolute Gasteiger partial charge is 0.308 e. The zero-order valence-electron chi connectivity index (χ0n) is 10.8. The van der Waals surface area contributed by atoms with Gasteiger partial charge in [0.15, 0.2) is 0 Å². The lowest BCUT2D eigenvalue weighted by Crippen LogP contribution is -2.36. The van der Waals surface area contributed by atoms with Gasteiger partial charge in [0.25, 0.3) is 0 Å². The molecule has 0 saturated carbocycles. The van der Waals surface area contributed by atoms with Gasteiger partial charge in [-0.05, 0) is 12.5 Å². The van der Waals surface area contributed by atoms with E-state index in [1.54, 1.807) is 6.92 Å². The van der Waals surface area contributed by atoms with E-state index in [4.69, 9.17) is 9.84 Å². The van der Waals surface area contributed by atoms with Crippen LogP contribution in [-0.2, 0) is 9.59 Å². The number of hydrogen-bond donors (Lipinski definition) is 2. The lowest BCUT2D eigenvalue weighted by Gasteiger charge is -2.25. The first kappa shape index (κ1) is 13.4. The van der Waals surface area contributed by atoms with E-state index in [0.29, 0.717) is 13.0 Å². The van der Waals surface area contributed by atoms with Gasteiger partial charge in [0, 0.05) is 12.1 Å².